The monoisotopic (exact) mass is 568 g/mol. The highest BCUT2D eigenvalue weighted by Gasteiger charge is 2.23. The first-order valence-electron chi connectivity index (χ1n) is 12.7. The number of nitrogens with zero attached hydrogens (tertiary/aromatic N) is 2. The van der Waals surface area contributed by atoms with Crippen LogP contribution in [0.1, 0.15) is 79.1 Å². The molecular formula is C30H40ClF3N2OS. The Morgan fingerprint density at radius 1 is 1.13 bits per heavy atom. The normalized spacial score (nSPS) is 11.0. The summed E-state index contributed by atoms with van der Waals surface area (Å²) in [7, 11) is 0. The molecule has 0 radical (unpaired) electrons. The van der Waals surface area contributed by atoms with Crippen molar-refractivity contribution in [3.8, 4) is 11.6 Å². The number of halogens is 4. The summed E-state index contributed by atoms with van der Waals surface area (Å²) >= 11 is 10.8. The predicted octanol–water partition coefficient (Wildman–Crippen LogP) is 10.5. The molecule has 0 aliphatic heterocycles. The molecule has 0 spiro atoms. The average Bonchev–Trinajstić information content (AvgIpc) is 2.86. The molecule has 0 fully saturated rings. The van der Waals surface area contributed by atoms with E-state index < -0.39 is 11.7 Å². The lowest BCUT2D eigenvalue weighted by Crippen LogP contribution is -2.11. The Morgan fingerprint density at radius 3 is 2.24 bits per heavy atom. The Kier molecular flexibility index (Phi) is 16.7. The fourth-order valence-corrected chi connectivity index (χ4v) is 3.11. The molecule has 0 N–H and O–H groups in total. The lowest BCUT2D eigenvalue weighted by Gasteiger charge is -2.13. The van der Waals surface area contributed by atoms with Gasteiger partial charge in [-0.25, -0.2) is 18.2 Å². The number of ether oxygens (including phenoxy) is 1. The van der Waals surface area contributed by atoms with Crippen molar-refractivity contribution in [2.45, 2.75) is 86.5 Å². The molecule has 8 heteroatoms. The molecule has 0 saturated carbocycles. The summed E-state index contributed by atoms with van der Waals surface area (Å²) in [5, 5.41) is 0.126. The van der Waals surface area contributed by atoms with Crippen LogP contribution in [0.2, 0.25) is 5.02 Å². The summed E-state index contributed by atoms with van der Waals surface area (Å²) in [6.45, 7) is 19.8. The van der Waals surface area contributed by atoms with Crippen LogP contribution >= 0.6 is 23.8 Å². The van der Waals surface area contributed by atoms with E-state index in [0.717, 1.165) is 43.0 Å². The van der Waals surface area contributed by atoms with Crippen LogP contribution in [0.3, 0.4) is 0 Å². The van der Waals surface area contributed by atoms with Gasteiger partial charge in [0, 0.05) is 24.4 Å². The van der Waals surface area contributed by atoms with Crippen LogP contribution in [0.25, 0.3) is 0 Å². The molecule has 38 heavy (non-hydrogen) atoms. The lowest BCUT2D eigenvalue weighted by atomic mass is 10.1. The highest BCUT2D eigenvalue weighted by Crippen LogP contribution is 2.31. The fraction of sp³-hybridized carbons (Fsp3) is 0.433. The smallest absolute Gasteiger partial charge is 0.266 e. The highest BCUT2D eigenvalue weighted by atomic mass is 35.5. The van der Waals surface area contributed by atoms with Crippen LogP contribution in [-0.4, -0.2) is 20.8 Å². The minimum absolute atomic E-state index is 0.0139. The van der Waals surface area contributed by atoms with Gasteiger partial charge >= 0.3 is 0 Å². The van der Waals surface area contributed by atoms with Gasteiger partial charge in [-0.05, 0) is 69.4 Å². The molecule has 0 bridgehead atoms. The van der Waals surface area contributed by atoms with Crippen LogP contribution in [-0.2, 0) is 12.8 Å². The van der Waals surface area contributed by atoms with E-state index in [4.69, 9.17) is 16.3 Å². The average molecular weight is 569 g/mol. The molecule has 3 nitrogen and oxygen atoms in total. The van der Waals surface area contributed by atoms with Gasteiger partial charge in [-0.3, -0.25) is 4.98 Å². The van der Waals surface area contributed by atoms with Crippen molar-refractivity contribution < 1.29 is 17.9 Å². The minimum atomic E-state index is -2.74. The van der Waals surface area contributed by atoms with Gasteiger partial charge in [-0.15, -0.1) is 0 Å². The molecule has 0 amide bonds. The zero-order valence-electron chi connectivity index (χ0n) is 23.6. The molecule has 2 heterocycles. The van der Waals surface area contributed by atoms with Gasteiger partial charge in [0.15, 0.2) is 5.75 Å². The van der Waals surface area contributed by atoms with Crippen molar-refractivity contribution in [3.05, 3.63) is 82.6 Å². The Hall–Kier alpha value is -2.51. The molecule has 0 aliphatic rings. The molecule has 0 saturated heterocycles. The van der Waals surface area contributed by atoms with Gasteiger partial charge < -0.3 is 4.74 Å². The molecule has 0 aliphatic carbocycles. The topological polar surface area (TPSA) is 35.0 Å². The van der Waals surface area contributed by atoms with Crippen molar-refractivity contribution in [1.29, 1.82) is 0 Å². The van der Waals surface area contributed by atoms with Gasteiger partial charge in [-0.1, -0.05) is 75.8 Å². The fourth-order valence-electron chi connectivity index (χ4n) is 2.75. The number of alkyl halides is 2. The number of aromatic nitrogens is 2. The first kappa shape index (κ1) is 35.5. The number of aryl methyl sites for hydroxylation is 1. The highest BCUT2D eigenvalue weighted by molar-refractivity contribution is 7.80. The molecule has 0 unspecified atom stereocenters. The van der Waals surface area contributed by atoms with E-state index in [1.54, 1.807) is 19.2 Å². The number of pyridine rings is 2. The second-order valence-electron chi connectivity index (χ2n) is 8.46. The molecule has 2 aromatic heterocycles. The zero-order valence-corrected chi connectivity index (χ0v) is 25.1. The maximum Gasteiger partial charge on any atom is 0.266 e. The summed E-state index contributed by atoms with van der Waals surface area (Å²) in [6.07, 6.45) is 6.61. The molecule has 0 atom stereocenters. The number of hydrogen-bond acceptors (Lipinski definition) is 4. The maximum atomic E-state index is 14.1. The lowest BCUT2D eigenvalue weighted by molar-refractivity contribution is 0.0637. The summed E-state index contributed by atoms with van der Waals surface area (Å²) in [4.78, 5) is 9.14. The van der Waals surface area contributed by atoms with Crippen LogP contribution in [0, 0.1) is 5.82 Å². The summed E-state index contributed by atoms with van der Waals surface area (Å²) in [5.74, 6) is -2.45. The molecule has 0 aromatic carbocycles. The summed E-state index contributed by atoms with van der Waals surface area (Å²) in [5.41, 5.74) is 3.13. The van der Waals surface area contributed by atoms with Gasteiger partial charge in [0.2, 0.25) is 5.88 Å². The number of allylic oxidation sites excluding steroid dienone is 4. The first-order chi connectivity index (χ1) is 17.8. The van der Waals surface area contributed by atoms with Gasteiger partial charge in [0.25, 0.3) is 5.92 Å². The van der Waals surface area contributed by atoms with E-state index in [2.05, 4.69) is 42.3 Å². The number of rotatable bonds is 11. The van der Waals surface area contributed by atoms with Crippen LogP contribution < -0.4 is 4.74 Å². The second-order valence-corrected chi connectivity index (χ2v) is 9.52. The molecule has 2 aromatic rings. The Bertz CT molecular complexity index is 1110. The van der Waals surface area contributed by atoms with Crippen molar-refractivity contribution in [1.82, 2.24) is 9.97 Å². The standard InChI is InChI=1S/C21H24ClFN2O.C7H10F2S.C2H6/c1-5-14(3)9-10-18-20(8-7-11-24-18)26-21-16(22)13-17(23)19(25-21)12-15(4)6-2;1-5(4-6(2)10)7(3,8)9;1-2/h7-8,11,13H,3-6,9-10,12H2,1-2H3;4H,1-3H3;1-2H3/b;5-4+;. The van der Waals surface area contributed by atoms with Gasteiger partial charge in [-0.2, -0.15) is 0 Å². The summed E-state index contributed by atoms with van der Waals surface area (Å²) < 4.78 is 44.7. The zero-order chi connectivity index (χ0) is 29.5. The Balaban J connectivity index is 0.000000962. The third-order valence-corrected chi connectivity index (χ3v) is 5.66. The van der Waals surface area contributed by atoms with Gasteiger partial charge in [0.05, 0.1) is 11.4 Å². The maximum absolute atomic E-state index is 14.1. The number of hydrogen-bond donors (Lipinski definition) is 0. The SMILES string of the molecule is C=C(CC)CCc1ncccc1Oc1nc(CC(=C)CC)c(F)cc1Cl.CC.CC(=S)/C=C(\C)C(C)(F)F. The van der Waals surface area contributed by atoms with Crippen molar-refractivity contribution in [2.24, 2.45) is 0 Å². The van der Waals surface area contributed by atoms with E-state index in [0.29, 0.717) is 23.5 Å². The minimum Gasteiger partial charge on any atom is -0.436 e. The first-order valence-corrected chi connectivity index (χ1v) is 13.4. The third kappa shape index (κ3) is 13.3. The van der Waals surface area contributed by atoms with E-state index in [-0.39, 0.29) is 22.2 Å². The quantitative estimate of drug-likeness (QED) is 0.153. The third-order valence-electron chi connectivity index (χ3n) is 5.27. The van der Waals surface area contributed by atoms with Crippen LogP contribution in [0.5, 0.6) is 11.6 Å². The van der Waals surface area contributed by atoms with E-state index in [9.17, 15) is 13.2 Å². The van der Waals surface area contributed by atoms with Crippen molar-refractivity contribution in [2.75, 3.05) is 0 Å². The Morgan fingerprint density at radius 2 is 1.74 bits per heavy atom. The van der Waals surface area contributed by atoms with Crippen LogP contribution in [0.4, 0.5) is 13.2 Å². The molecular weight excluding hydrogens is 529 g/mol. The van der Waals surface area contributed by atoms with Crippen LogP contribution in [0.15, 0.2) is 60.3 Å². The molecule has 210 valence electrons. The van der Waals surface area contributed by atoms with E-state index in [1.165, 1.54) is 19.1 Å². The van der Waals surface area contributed by atoms with Crippen molar-refractivity contribution >= 4 is 28.7 Å². The van der Waals surface area contributed by atoms with Crippen molar-refractivity contribution in [3.63, 3.8) is 0 Å². The number of thiocarbonyl (C=S) groups is 1. The largest absolute Gasteiger partial charge is 0.436 e. The van der Waals surface area contributed by atoms with E-state index >= 15 is 0 Å². The molecule has 2 rings (SSSR count). The predicted molar refractivity (Wildman–Crippen MR) is 158 cm³/mol. The van der Waals surface area contributed by atoms with Gasteiger partial charge in [0.1, 0.15) is 10.8 Å². The second kappa shape index (κ2) is 17.9. The Labute approximate surface area is 236 Å². The summed E-state index contributed by atoms with van der Waals surface area (Å²) in [6, 6.07) is 4.82. The van der Waals surface area contributed by atoms with E-state index in [1.807, 2.05) is 26.8 Å².